The first-order valence-corrected chi connectivity index (χ1v) is 9.68. The molecule has 28 heavy (non-hydrogen) atoms. The van der Waals surface area contributed by atoms with Crippen molar-refractivity contribution in [1.29, 1.82) is 0 Å². The number of nitrogens with zero attached hydrogens (tertiary/aromatic N) is 1. The van der Waals surface area contributed by atoms with Crippen molar-refractivity contribution in [1.82, 2.24) is 10.3 Å². The summed E-state index contributed by atoms with van der Waals surface area (Å²) in [5, 5.41) is 5.82. The van der Waals surface area contributed by atoms with Crippen molar-refractivity contribution in [3.8, 4) is 0 Å². The molecule has 3 rings (SSSR count). The molecular weight excluding hydrogens is 401 g/mol. The second kappa shape index (κ2) is 8.95. The lowest BCUT2D eigenvalue weighted by Gasteiger charge is -2.05. The number of benzene rings is 1. The summed E-state index contributed by atoms with van der Waals surface area (Å²) in [6.45, 7) is 2.07. The number of carbonyl (C=O) groups excluding carboxylic acids is 2. The van der Waals surface area contributed by atoms with Gasteiger partial charge in [-0.3, -0.25) is 14.9 Å². The molecule has 0 atom stereocenters. The monoisotopic (exact) mass is 417 g/mol. The molecule has 2 N–H and O–H groups in total. The molecule has 5 nitrogen and oxygen atoms in total. The lowest BCUT2D eigenvalue weighted by molar-refractivity contribution is 0.0959. The number of allylic oxidation sites excluding steroid dienone is 4. The molecule has 144 valence electrons. The minimum Gasteiger partial charge on any atom is -0.347 e. The van der Waals surface area contributed by atoms with E-state index in [2.05, 4.69) is 15.6 Å². The van der Waals surface area contributed by atoms with Gasteiger partial charge in [0.25, 0.3) is 11.8 Å². The van der Waals surface area contributed by atoms with Crippen LogP contribution in [0.4, 0.5) is 9.52 Å². The number of aromatic nitrogens is 1. The lowest BCUT2D eigenvalue weighted by atomic mass is 10.2. The Morgan fingerprint density at radius 1 is 1.29 bits per heavy atom. The first kappa shape index (κ1) is 20.0. The van der Waals surface area contributed by atoms with Gasteiger partial charge in [-0.2, -0.15) is 0 Å². The maximum absolute atomic E-state index is 13.8. The molecule has 2 amide bonds. The van der Waals surface area contributed by atoms with Gasteiger partial charge in [-0.15, -0.1) is 0 Å². The zero-order valence-corrected chi connectivity index (χ0v) is 16.5. The van der Waals surface area contributed by atoms with Crippen LogP contribution in [0.3, 0.4) is 0 Å². The van der Waals surface area contributed by atoms with Gasteiger partial charge in [-0.05, 0) is 37.1 Å². The number of rotatable bonds is 5. The Morgan fingerprint density at radius 3 is 2.93 bits per heavy atom. The van der Waals surface area contributed by atoms with Crippen LogP contribution in [0.25, 0.3) is 0 Å². The Balaban J connectivity index is 1.67. The van der Waals surface area contributed by atoms with Gasteiger partial charge in [-0.1, -0.05) is 53.3 Å². The van der Waals surface area contributed by atoms with Crippen LogP contribution in [0, 0.1) is 12.7 Å². The van der Waals surface area contributed by atoms with Crippen LogP contribution in [-0.4, -0.2) is 23.3 Å². The van der Waals surface area contributed by atoms with E-state index in [0.29, 0.717) is 17.1 Å². The Morgan fingerprint density at radius 2 is 2.11 bits per heavy atom. The minimum absolute atomic E-state index is 0.188. The van der Waals surface area contributed by atoms with Gasteiger partial charge in [-0.25, -0.2) is 9.37 Å². The van der Waals surface area contributed by atoms with Gasteiger partial charge in [0.15, 0.2) is 5.13 Å². The van der Waals surface area contributed by atoms with E-state index < -0.39 is 11.7 Å². The standard InChI is InChI=1S/C20H17ClFN3O2S/c1-12-17(19(27)23-11-13-6-4-2-3-5-7-13)28-20(24-12)25-18(26)15-10-14(21)8-9-16(15)22/h2-4,6-10H,5,11H2,1H3,(H,23,27)(H,24,25,26). The maximum atomic E-state index is 13.8. The highest BCUT2D eigenvalue weighted by atomic mass is 35.5. The van der Waals surface area contributed by atoms with Gasteiger partial charge >= 0.3 is 0 Å². The van der Waals surface area contributed by atoms with E-state index in [1.54, 1.807) is 6.92 Å². The summed E-state index contributed by atoms with van der Waals surface area (Å²) in [4.78, 5) is 29.3. The van der Waals surface area contributed by atoms with E-state index in [1.165, 1.54) is 12.1 Å². The summed E-state index contributed by atoms with van der Waals surface area (Å²) in [5.41, 5.74) is 1.30. The first-order chi connectivity index (χ1) is 13.4. The van der Waals surface area contributed by atoms with E-state index in [4.69, 9.17) is 11.6 Å². The van der Waals surface area contributed by atoms with E-state index in [0.717, 1.165) is 29.4 Å². The summed E-state index contributed by atoms with van der Waals surface area (Å²) >= 11 is 6.85. The van der Waals surface area contributed by atoms with Crippen LogP contribution < -0.4 is 10.6 Å². The summed E-state index contributed by atoms with van der Waals surface area (Å²) in [7, 11) is 0. The topological polar surface area (TPSA) is 71.1 Å². The van der Waals surface area contributed by atoms with Gasteiger partial charge < -0.3 is 5.32 Å². The Bertz CT molecular complexity index is 1010. The van der Waals surface area contributed by atoms with Crippen molar-refractivity contribution >= 4 is 39.9 Å². The zero-order chi connectivity index (χ0) is 20.1. The van der Waals surface area contributed by atoms with Gasteiger partial charge in [0.05, 0.1) is 11.3 Å². The highest BCUT2D eigenvalue weighted by Gasteiger charge is 2.19. The largest absolute Gasteiger partial charge is 0.347 e. The molecule has 0 radical (unpaired) electrons. The number of aryl methyl sites for hydroxylation is 1. The Labute approximate surface area is 170 Å². The second-order valence-corrected chi connectivity index (χ2v) is 7.43. The highest BCUT2D eigenvalue weighted by Crippen LogP contribution is 2.24. The van der Waals surface area contributed by atoms with E-state index in [-0.39, 0.29) is 21.6 Å². The van der Waals surface area contributed by atoms with Crippen LogP contribution in [0.5, 0.6) is 0 Å². The predicted molar refractivity (Wildman–Crippen MR) is 110 cm³/mol. The molecule has 1 heterocycles. The molecule has 0 unspecified atom stereocenters. The van der Waals surface area contributed by atoms with Crippen molar-refractivity contribution in [3.05, 3.63) is 81.1 Å². The third-order valence-corrected chi connectivity index (χ3v) is 5.23. The van der Waals surface area contributed by atoms with E-state index in [1.807, 2.05) is 30.4 Å². The van der Waals surface area contributed by atoms with Crippen molar-refractivity contribution in [2.45, 2.75) is 13.3 Å². The predicted octanol–water partition coefficient (Wildman–Crippen LogP) is 4.67. The summed E-state index contributed by atoms with van der Waals surface area (Å²) in [6, 6.07) is 3.72. The van der Waals surface area contributed by atoms with E-state index >= 15 is 0 Å². The Kier molecular flexibility index (Phi) is 6.38. The number of thiazole rings is 1. The molecule has 0 saturated carbocycles. The number of hydrogen-bond donors (Lipinski definition) is 2. The molecule has 0 spiro atoms. The SMILES string of the molecule is Cc1nc(NC(=O)c2cc(Cl)ccc2F)sc1C(=O)NCC1=CCC=CC=C1. The fraction of sp³-hybridized carbons (Fsp3) is 0.150. The minimum atomic E-state index is -0.688. The third kappa shape index (κ3) is 4.94. The molecule has 0 bridgehead atoms. The van der Waals surface area contributed by atoms with Crippen LogP contribution in [0.15, 0.2) is 54.2 Å². The fourth-order valence-corrected chi connectivity index (χ4v) is 3.56. The number of amides is 2. The van der Waals surface area contributed by atoms with Crippen LogP contribution in [0.2, 0.25) is 5.02 Å². The molecule has 0 saturated heterocycles. The number of anilines is 1. The summed E-state index contributed by atoms with van der Waals surface area (Å²) in [6.07, 6.45) is 10.7. The van der Waals surface area contributed by atoms with Crippen molar-refractivity contribution < 1.29 is 14.0 Å². The van der Waals surface area contributed by atoms with E-state index in [9.17, 15) is 14.0 Å². The molecule has 0 fully saturated rings. The van der Waals surface area contributed by atoms with Crippen LogP contribution in [0.1, 0.15) is 32.1 Å². The van der Waals surface area contributed by atoms with Gasteiger partial charge in [0.1, 0.15) is 10.7 Å². The Hall–Kier alpha value is -2.77. The number of nitrogens with one attached hydrogen (secondary N) is 2. The number of halogens is 2. The molecule has 1 aromatic carbocycles. The quantitative estimate of drug-likeness (QED) is 0.742. The fourth-order valence-electron chi connectivity index (χ4n) is 2.51. The van der Waals surface area contributed by atoms with Crippen LogP contribution >= 0.6 is 22.9 Å². The van der Waals surface area contributed by atoms with Crippen molar-refractivity contribution in [2.24, 2.45) is 0 Å². The molecule has 1 aliphatic carbocycles. The summed E-state index contributed by atoms with van der Waals surface area (Å²) < 4.78 is 13.8. The second-order valence-electron chi connectivity index (χ2n) is 6.00. The summed E-state index contributed by atoms with van der Waals surface area (Å²) in [5.74, 6) is -1.65. The molecule has 8 heteroatoms. The highest BCUT2D eigenvalue weighted by molar-refractivity contribution is 7.17. The molecule has 1 aliphatic rings. The normalized spacial score (nSPS) is 13.0. The third-order valence-electron chi connectivity index (χ3n) is 3.92. The number of carbonyl (C=O) groups is 2. The average molecular weight is 418 g/mol. The lowest BCUT2D eigenvalue weighted by Crippen LogP contribution is -2.25. The zero-order valence-electron chi connectivity index (χ0n) is 15.0. The van der Waals surface area contributed by atoms with Gasteiger partial charge in [0.2, 0.25) is 0 Å². The van der Waals surface area contributed by atoms with Crippen LogP contribution in [-0.2, 0) is 0 Å². The molecule has 1 aromatic heterocycles. The number of hydrogen-bond acceptors (Lipinski definition) is 4. The average Bonchev–Trinajstić information content (AvgIpc) is 2.86. The molecule has 0 aliphatic heterocycles. The van der Waals surface area contributed by atoms with Gasteiger partial charge in [0, 0.05) is 11.6 Å². The maximum Gasteiger partial charge on any atom is 0.263 e. The van der Waals surface area contributed by atoms with Crippen molar-refractivity contribution in [3.63, 3.8) is 0 Å². The molecule has 2 aromatic rings. The molecular formula is C20H17ClFN3O2S. The first-order valence-electron chi connectivity index (χ1n) is 8.48. The van der Waals surface area contributed by atoms with Crippen molar-refractivity contribution in [2.75, 3.05) is 11.9 Å². The smallest absolute Gasteiger partial charge is 0.263 e.